The van der Waals surface area contributed by atoms with E-state index in [1.54, 1.807) is 7.11 Å². The van der Waals surface area contributed by atoms with Gasteiger partial charge in [-0.1, -0.05) is 17.7 Å². The van der Waals surface area contributed by atoms with Crippen LogP contribution < -0.4 is 10.5 Å². The maximum atomic E-state index is 6.39. The topological polar surface area (TPSA) is 44.5 Å². The number of methoxy groups -OCH3 is 1. The molecule has 2 unspecified atom stereocenters. The minimum atomic E-state index is -0.111. The van der Waals surface area contributed by atoms with E-state index < -0.39 is 0 Å². The molecule has 0 saturated heterocycles. The van der Waals surface area contributed by atoms with Crippen molar-refractivity contribution in [2.45, 2.75) is 56.8 Å². The van der Waals surface area contributed by atoms with Crippen molar-refractivity contribution in [1.29, 1.82) is 0 Å². The van der Waals surface area contributed by atoms with Crippen molar-refractivity contribution in [3.05, 3.63) is 29.3 Å². The monoisotopic (exact) mass is 261 g/mol. The lowest BCUT2D eigenvalue weighted by atomic mass is 9.76. The molecule has 1 heterocycles. The predicted molar refractivity (Wildman–Crippen MR) is 75.3 cm³/mol. The first-order valence-corrected chi connectivity index (χ1v) is 7.20. The highest BCUT2D eigenvalue weighted by Crippen LogP contribution is 2.45. The van der Waals surface area contributed by atoms with Gasteiger partial charge in [0.2, 0.25) is 0 Å². The first-order valence-electron chi connectivity index (χ1n) is 7.20. The minimum absolute atomic E-state index is 0.0826. The molecule has 3 atom stereocenters. The number of benzene rings is 1. The second kappa shape index (κ2) is 4.80. The molecule has 2 aliphatic rings. The molecule has 3 nitrogen and oxygen atoms in total. The van der Waals surface area contributed by atoms with Gasteiger partial charge >= 0.3 is 0 Å². The fraction of sp³-hybridized carbons (Fsp3) is 0.625. The Morgan fingerprint density at radius 2 is 2.21 bits per heavy atom. The van der Waals surface area contributed by atoms with Gasteiger partial charge in [-0.05, 0) is 32.3 Å². The summed E-state index contributed by atoms with van der Waals surface area (Å²) in [7, 11) is 1.80. The van der Waals surface area contributed by atoms with E-state index in [2.05, 4.69) is 25.1 Å². The first kappa shape index (κ1) is 12.9. The van der Waals surface area contributed by atoms with Gasteiger partial charge in [0.1, 0.15) is 11.4 Å². The summed E-state index contributed by atoms with van der Waals surface area (Å²) >= 11 is 0. The first-order chi connectivity index (χ1) is 9.12. The number of rotatable bonds is 1. The van der Waals surface area contributed by atoms with E-state index in [9.17, 15) is 0 Å². The van der Waals surface area contributed by atoms with E-state index in [1.165, 1.54) is 5.56 Å². The van der Waals surface area contributed by atoms with Crippen LogP contribution in [0.25, 0.3) is 0 Å². The molecular formula is C16H23NO2. The van der Waals surface area contributed by atoms with Crippen molar-refractivity contribution >= 4 is 0 Å². The molecule has 1 spiro atoms. The summed E-state index contributed by atoms with van der Waals surface area (Å²) in [5.41, 5.74) is 8.68. The Bertz CT molecular complexity index is 474. The molecule has 1 aromatic rings. The van der Waals surface area contributed by atoms with Gasteiger partial charge in [-0.2, -0.15) is 0 Å². The lowest BCUT2D eigenvalue weighted by Crippen LogP contribution is -2.48. The zero-order chi connectivity index (χ0) is 13.5. The van der Waals surface area contributed by atoms with Crippen LogP contribution in [0.3, 0.4) is 0 Å². The summed E-state index contributed by atoms with van der Waals surface area (Å²) in [5, 5.41) is 0. The highest BCUT2D eigenvalue weighted by molar-refractivity contribution is 5.41. The van der Waals surface area contributed by atoms with Gasteiger partial charge < -0.3 is 15.2 Å². The van der Waals surface area contributed by atoms with Crippen LogP contribution in [0.2, 0.25) is 0 Å². The summed E-state index contributed by atoms with van der Waals surface area (Å²) in [6.07, 6.45) is 5.57. The molecule has 0 amide bonds. The molecule has 1 aromatic carbocycles. The van der Waals surface area contributed by atoms with Crippen LogP contribution in [-0.4, -0.2) is 18.8 Å². The van der Waals surface area contributed by atoms with E-state index in [1.807, 2.05) is 0 Å². The molecule has 1 aliphatic carbocycles. The van der Waals surface area contributed by atoms with Gasteiger partial charge in [-0.15, -0.1) is 0 Å². The molecule has 19 heavy (non-hydrogen) atoms. The maximum Gasteiger partial charge on any atom is 0.124 e. The smallest absolute Gasteiger partial charge is 0.124 e. The molecule has 1 fully saturated rings. The molecule has 2 N–H and O–H groups in total. The largest absolute Gasteiger partial charge is 0.487 e. The molecule has 1 aliphatic heterocycles. The average Bonchev–Trinajstić information content (AvgIpc) is 2.40. The maximum absolute atomic E-state index is 6.39. The molecule has 3 rings (SSSR count). The highest BCUT2D eigenvalue weighted by Gasteiger charge is 2.43. The molecule has 0 radical (unpaired) electrons. The third kappa shape index (κ3) is 2.37. The molecule has 1 saturated carbocycles. The van der Waals surface area contributed by atoms with E-state index in [0.29, 0.717) is 6.10 Å². The van der Waals surface area contributed by atoms with Crippen molar-refractivity contribution in [2.24, 2.45) is 5.73 Å². The van der Waals surface area contributed by atoms with E-state index >= 15 is 0 Å². The van der Waals surface area contributed by atoms with Crippen LogP contribution in [0.5, 0.6) is 5.75 Å². The number of nitrogens with two attached hydrogens (primary N) is 1. The van der Waals surface area contributed by atoms with Crippen LogP contribution in [0.15, 0.2) is 18.2 Å². The number of hydrogen-bond acceptors (Lipinski definition) is 3. The van der Waals surface area contributed by atoms with E-state index in [4.69, 9.17) is 15.2 Å². The van der Waals surface area contributed by atoms with Gasteiger partial charge in [0.15, 0.2) is 0 Å². The third-order valence-corrected chi connectivity index (χ3v) is 4.57. The van der Waals surface area contributed by atoms with Gasteiger partial charge in [0.25, 0.3) is 0 Å². The molecular weight excluding hydrogens is 238 g/mol. The van der Waals surface area contributed by atoms with E-state index in [0.717, 1.165) is 43.4 Å². The number of aryl methyl sites for hydroxylation is 1. The zero-order valence-corrected chi connectivity index (χ0v) is 11.8. The van der Waals surface area contributed by atoms with Crippen molar-refractivity contribution in [3.63, 3.8) is 0 Å². The van der Waals surface area contributed by atoms with Crippen LogP contribution in [-0.2, 0) is 4.74 Å². The van der Waals surface area contributed by atoms with Gasteiger partial charge in [-0.25, -0.2) is 0 Å². The Morgan fingerprint density at radius 1 is 1.37 bits per heavy atom. The SMILES string of the molecule is COC1CCCC2(C1)C[C@@H](N)c1cc(C)ccc1O2. The van der Waals surface area contributed by atoms with E-state index in [-0.39, 0.29) is 11.6 Å². The second-order valence-electron chi connectivity index (χ2n) is 6.09. The summed E-state index contributed by atoms with van der Waals surface area (Å²) in [6.45, 7) is 2.10. The minimum Gasteiger partial charge on any atom is -0.487 e. The third-order valence-electron chi connectivity index (χ3n) is 4.57. The van der Waals surface area contributed by atoms with Gasteiger partial charge in [-0.3, -0.25) is 0 Å². The molecule has 3 heteroatoms. The Morgan fingerprint density at radius 3 is 3.00 bits per heavy atom. The number of ether oxygens (including phenoxy) is 2. The quantitative estimate of drug-likeness (QED) is 0.844. The Hall–Kier alpha value is -1.06. The summed E-state index contributed by atoms with van der Waals surface area (Å²) in [6, 6.07) is 6.41. The predicted octanol–water partition coefficient (Wildman–Crippen LogP) is 3.11. The van der Waals surface area contributed by atoms with Crippen LogP contribution in [0, 0.1) is 6.92 Å². The Labute approximate surface area is 115 Å². The normalized spacial score (nSPS) is 33.8. The van der Waals surface area contributed by atoms with Crippen molar-refractivity contribution < 1.29 is 9.47 Å². The summed E-state index contributed by atoms with van der Waals surface area (Å²) < 4.78 is 11.9. The zero-order valence-electron chi connectivity index (χ0n) is 11.8. The van der Waals surface area contributed by atoms with Crippen LogP contribution in [0.1, 0.15) is 49.3 Å². The summed E-state index contributed by atoms with van der Waals surface area (Å²) in [4.78, 5) is 0. The van der Waals surface area contributed by atoms with Crippen molar-refractivity contribution in [3.8, 4) is 5.75 Å². The Balaban J connectivity index is 1.89. The molecule has 104 valence electrons. The number of fused-ring (bicyclic) bond motifs is 1. The molecule has 0 aromatic heterocycles. The second-order valence-corrected chi connectivity index (χ2v) is 6.09. The Kier molecular flexibility index (Phi) is 3.27. The lowest BCUT2D eigenvalue weighted by molar-refractivity contribution is -0.0578. The van der Waals surface area contributed by atoms with Gasteiger partial charge in [0.05, 0.1) is 6.10 Å². The molecule has 0 bridgehead atoms. The highest BCUT2D eigenvalue weighted by atomic mass is 16.5. The fourth-order valence-electron chi connectivity index (χ4n) is 3.59. The van der Waals surface area contributed by atoms with Crippen molar-refractivity contribution in [1.82, 2.24) is 0 Å². The van der Waals surface area contributed by atoms with Crippen LogP contribution >= 0.6 is 0 Å². The van der Waals surface area contributed by atoms with Crippen LogP contribution in [0.4, 0.5) is 0 Å². The number of hydrogen-bond donors (Lipinski definition) is 1. The fourth-order valence-corrected chi connectivity index (χ4v) is 3.59. The average molecular weight is 261 g/mol. The standard InChI is InChI=1S/C16H23NO2/c1-11-5-6-15-13(8-11)14(17)10-16(19-15)7-3-4-12(9-16)18-2/h5-6,8,12,14H,3-4,7,9-10,17H2,1-2H3/t12?,14-,16?/m1/s1. The van der Waals surface area contributed by atoms with Gasteiger partial charge in [0, 0.05) is 31.6 Å². The van der Waals surface area contributed by atoms with Crippen molar-refractivity contribution in [2.75, 3.05) is 7.11 Å². The lowest BCUT2D eigenvalue weighted by Gasteiger charge is -2.45. The summed E-state index contributed by atoms with van der Waals surface area (Å²) in [5.74, 6) is 0.973.